The van der Waals surface area contributed by atoms with E-state index < -0.39 is 5.82 Å². The van der Waals surface area contributed by atoms with E-state index in [0.717, 1.165) is 6.42 Å². The molecule has 0 aromatic heterocycles. The lowest BCUT2D eigenvalue weighted by molar-refractivity contribution is -0.149. The molecule has 0 saturated carbocycles. The lowest BCUT2D eigenvalue weighted by Gasteiger charge is -2.32. The number of piperidine rings is 1. The Labute approximate surface area is 157 Å². The fourth-order valence-electron chi connectivity index (χ4n) is 3.58. The van der Waals surface area contributed by atoms with Gasteiger partial charge in [-0.3, -0.25) is 9.59 Å². The normalized spacial score (nSPS) is 22.7. The Hall–Kier alpha value is -2.64. The van der Waals surface area contributed by atoms with Gasteiger partial charge in [-0.25, -0.2) is 9.18 Å². The van der Waals surface area contributed by atoms with Gasteiger partial charge in [0, 0.05) is 31.7 Å². The smallest absolute Gasteiger partial charge is 0.317 e. The summed E-state index contributed by atoms with van der Waals surface area (Å²) in [6.45, 7) is 3.26. The van der Waals surface area contributed by atoms with Crippen LogP contribution in [0.3, 0.4) is 0 Å². The minimum absolute atomic E-state index is 0.158. The fraction of sp³-hybridized carbons (Fsp3) is 0.526. The molecule has 8 heteroatoms. The Balaban J connectivity index is 1.56. The zero-order valence-electron chi connectivity index (χ0n) is 15.3. The summed E-state index contributed by atoms with van der Waals surface area (Å²) in [5, 5.41) is 2.86. The largest absolute Gasteiger partial charge is 0.466 e. The van der Waals surface area contributed by atoms with E-state index in [9.17, 15) is 18.8 Å². The fourth-order valence-corrected chi connectivity index (χ4v) is 3.58. The number of rotatable bonds is 4. The Kier molecular flexibility index (Phi) is 5.93. The SMILES string of the molecule is CCOC(=O)[C@@H]1CCCN(C(=O)N[C@@H]2CC(=O)N(c3cccc(F)c3)C2)C1. The summed E-state index contributed by atoms with van der Waals surface area (Å²) >= 11 is 0. The molecule has 2 aliphatic heterocycles. The van der Waals surface area contributed by atoms with Gasteiger partial charge in [0.1, 0.15) is 5.82 Å². The number of anilines is 1. The number of carbonyl (C=O) groups is 3. The van der Waals surface area contributed by atoms with Gasteiger partial charge in [0.25, 0.3) is 0 Å². The van der Waals surface area contributed by atoms with E-state index in [4.69, 9.17) is 4.74 Å². The maximum atomic E-state index is 13.4. The predicted octanol–water partition coefficient (Wildman–Crippen LogP) is 1.92. The number of ether oxygens (including phenoxy) is 1. The van der Waals surface area contributed by atoms with Gasteiger partial charge in [-0.1, -0.05) is 6.07 Å². The Morgan fingerprint density at radius 2 is 2.15 bits per heavy atom. The first-order valence-electron chi connectivity index (χ1n) is 9.26. The van der Waals surface area contributed by atoms with Crippen molar-refractivity contribution in [1.82, 2.24) is 10.2 Å². The van der Waals surface area contributed by atoms with Gasteiger partial charge >= 0.3 is 12.0 Å². The Morgan fingerprint density at radius 3 is 2.89 bits per heavy atom. The molecular weight excluding hydrogens is 353 g/mol. The van der Waals surface area contributed by atoms with Crippen LogP contribution in [0.15, 0.2) is 24.3 Å². The van der Waals surface area contributed by atoms with Crippen molar-refractivity contribution >= 4 is 23.6 Å². The topological polar surface area (TPSA) is 79.0 Å². The molecule has 2 aliphatic rings. The second kappa shape index (κ2) is 8.37. The molecule has 0 spiro atoms. The zero-order valence-corrected chi connectivity index (χ0v) is 15.3. The summed E-state index contributed by atoms with van der Waals surface area (Å²) in [4.78, 5) is 39.8. The van der Waals surface area contributed by atoms with Crippen LogP contribution in [0.1, 0.15) is 26.2 Å². The van der Waals surface area contributed by atoms with Gasteiger partial charge in [-0.2, -0.15) is 0 Å². The Morgan fingerprint density at radius 1 is 1.33 bits per heavy atom. The number of carbonyl (C=O) groups excluding carboxylic acids is 3. The van der Waals surface area contributed by atoms with Crippen molar-refractivity contribution in [3.05, 3.63) is 30.1 Å². The maximum Gasteiger partial charge on any atom is 0.317 e. The molecule has 3 amide bonds. The van der Waals surface area contributed by atoms with Crippen molar-refractivity contribution in [3.8, 4) is 0 Å². The molecule has 0 bridgehead atoms. The van der Waals surface area contributed by atoms with E-state index >= 15 is 0 Å². The van der Waals surface area contributed by atoms with Crippen LogP contribution in [-0.2, 0) is 14.3 Å². The average molecular weight is 377 g/mol. The second-order valence-corrected chi connectivity index (χ2v) is 6.87. The van der Waals surface area contributed by atoms with Gasteiger partial charge in [0.15, 0.2) is 0 Å². The summed E-state index contributed by atoms with van der Waals surface area (Å²) in [6.07, 6.45) is 1.60. The van der Waals surface area contributed by atoms with Crippen LogP contribution in [0.25, 0.3) is 0 Å². The quantitative estimate of drug-likeness (QED) is 0.813. The lowest BCUT2D eigenvalue weighted by atomic mass is 9.98. The molecule has 1 aromatic carbocycles. The van der Waals surface area contributed by atoms with Gasteiger partial charge < -0.3 is 19.9 Å². The van der Waals surface area contributed by atoms with Gasteiger partial charge in [-0.05, 0) is 38.0 Å². The molecule has 1 aromatic rings. The van der Waals surface area contributed by atoms with E-state index in [1.54, 1.807) is 24.0 Å². The molecule has 3 rings (SSSR count). The van der Waals surface area contributed by atoms with Crippen molar-refractivity contribution in [3.63, 3.8) is 0 Å². The van der Waals surface area contributed by atoms with Crippen molar-refractivity contribution in [1.29, 1.82) is 0 Å². The average Bonchev–Trinajstić information content (AvgIpc) is 3.02. The summed E-state index contributed by atoms with van der Waals surface area (Å²) in [6, 6.07) is 5.20. The van der Waals surface area contributed by atoms with E-state index in [0.29, 0.717) is 38.3 Å². The summed E-state index contributed by atoms with van der Waals surface area (Å²) in [5.74, 6) is -1.15. The highest BCUT2D eigenvalue weighted by molar-refractivity contribution is 5.96. The standard InChI is InChI=1S/C19H24FN3O4/c1-2-27-18(25)13-5-4-8-22(11-13)19(26)21-15-10-17(24)23(12-15)16-7-3-6-14(20)9-16/h3,6-7,9,13,15H,2,4-5,8,10-12H2,1H3,(H,21,26)/t13-,15-/m1/s1. The van der Waals surface area contributed by atoms with Crippen LogP contribution >= 0.6 is 0 Å². The number of hydrogen-bond donors (Lipinski definition) is 1. The van der Waals surface area contributed by atoms with Crippen LogP contribution in [0, 0.1) is 11.7 Å². The second-order valence-electron chi connectivity index (χ2n) is 6.87. The zero-order chi connectivity index (χ0) is 19.4. The number of urea groups is 1. The first kappa shape index (κ1) is 19.1. The van der Waals surface area contributed by atoms with E-state index in [-0.39, 0.29) is 36.3 Å². The lowest BCUT2D eigenvalue weighted by Crippen LogP contribution is -2.50. The summed E-state index contributed by atoms with van der Waals surface area (Å²) in [5.41, 5.74) is 0.483. The third-order valence-corrected chi connectivity index (χ3v) is 4.90. The van der Waals surface area contributed by atoms with Crippen molar-refractivity contribution < 1.29 is 23.5 Å². The molecule has 1 N–H and O–H groups in total. The number of halogens is 1. The van der Waals surface area contributed by atoms with Crippen molar-refractivity contribution in [2.45, 2.75) is 32.2 Å². The monoisotopic (exact) mass is 377 g/mol. The first-order chi connectivity index (χ1) is 13.0. The third kappa shape index (κ3) is 4.56. The molecule has 146 valence electrons. The van der Waals surface area contributed by atoms with Crippen LogP contribution in [0.4, 0.5) is 14.9 Å². The molecule has 27 heavy (non-hydrogen) atoms. The molecule has 7 nitrogen and oxygen atoms in total. The van der Waals surface area contributed by atoms with Crippen molar-refractivity contribution in [2.24, 2.45) is 5.92 Å². The van der Waals surface area contributed by atoms with Crippen LogP contribution in [0.5, 0.6) is 0 Å². The number of hydrogen-bond acceptors (Lipinski definition) is 4. The molecule has 2 saturated heterocycles. The number of likely N-dealkylation sites (tertiary alicyclic amines) is 1. The highest BCUT2D eigenvalue weighted by Gasteiger charge is 2.34. The van der Waals surface area contributed by atoms with Gasteiger partial charge in [0.2, 0.25) is 5.91 Å². The van der Waals surface area contributed by atoms with E-state index in [1.807, 2.05) is 0 Å². The van der Waals surface area contributed by atoms with Crippen LogP contribution in [0.2, 0.25) is 0 Å². The molecule has 2 heterocycles. The number of nitrogens with one attached hydrogen (secondary N) is 1. The molecule has 0 radical (unpaired) electrons. The van der Waals surface area contributed by atoms with Gasteiger partial charge in [0.05, 0.1) is 18.6 Å². The predicted molar refractivity (Wildman–Crippen MR) is 96.6 cm³/mol. The highest BCUT2D eigenvalue weighted by Crippen LogP contribution is 2.23. The molecule has 2 fully saturated rings. The Bertz CT molecular complexity index is 727. The summed E-state index contributed by atoms with van der Waals surface area (Å²) < 4.78 is 18.5. The highest BCUT2D eigenvalue weighted by atomic mass is 19.1. The first-order valence-corrected chi connectivity index (χ1v) is 9.26. The molecular formula is C19H24FN3O4. The molecule has 0 aliphatic carbocycles. The minimum Gasteiger partial charge on any atom is -0.466 e. The maximum absolute atomic E-state index is 13.4. The number of nitrogens with zero attached hydrogens (tertiary/aromatic N) is 2. The molecule has 0 unspecified atom stereocenters. The minimum atomic E-state index is -0.411. The van der Waals surface area contributed by atoms with Crippen LogP contribution in [-0.4, -0.2) is 55.1 Å². The number of benzene rings is 1. The van der Waals surface area contributed by atoms with E-state index in [1.165, 1.54) is 17.0 Å². The van der Waals surface area contributed by atoms with E-state index in [2.05, 4.69) is 5.32 Å². The third-order valence-electron chi connectivity index (χ3n) is 4.90. The summed E-state index contributed by atoms with van der Waals surface area (Å²) in [7, 11) is 0. The number of amides is 3. The molecule has 2 atom stereocenters. The van der Waals surface area contributed by atoms with Crippen molar-refractivity contribution in [2.75, 3.05) is 31.1 Å². The van der Waals surface area contributed by atoms with Gasteiger partial charge in [-0.15, -0.1) is 0 Å². The van der Waals surface area contributed by atoms with Crippen LogP contribution < -0.4 is 10.2 Å². The number of esters is 1.